The Hall–Kier alpha value is -1.32. The van der Waals surface area contributed by atoms with Gasteiger partial charge in [-0.25, -0.2) is 4.98 Å². The maximum atomic E-state index is 6.05. The molecule has 0 saturated carbocycles. The molecule has 0 bridgehead atoms. The van der Waals surface area contributed by atoms with Gasteiger partial charge in [0, 0.05) is 29.2 Å². The lowest BCUT2D eigenvalue weighted by molar-refractivity contribution is 0.982. The van der Waals surface area contributed by atoms with Crippen LogP contribution in [0, 0.1) is 6.92 Å². The molecule has 0 aliphatic heterocycles. The van der Waals surface area contributed by atoms with Gasteiger partial charge in [0.25, 0.3) is 0 Å². The third kappa shape index (κ3) is 2.35. The van der Waals surface area contributed by atoms with Crippen LogP contribution in [0.15, 0.2) is 18.2 Å². The number of rotatable bonds is 3. The van der Waals surface area contributed by atoms with E-state index in [1.165, 1.54) is 0 Å². The van der Waals surface area contributed by atoms with Crippen molar-refractivity contribution in [2.24, 2.45) is 5.73 Å². The number of hydrogen-bond acceptors (Lipinski definition) is 2. The number of imidazole rings is 1. The molecule has 2 rings (SSSR count). The number of H-pyrrole nitrogens is 1. The van der Waals surface area contributed by atoms with E-state index in [9.17, 15) is 0 Å². The van der Waals surface area contributed by atoms with E-state index in [1.54, 1.807) is 0 Å². The van der Waals surface area contributed by atoms with Crippen molar-refractivity contribution >= 4 is 11.6 Å². The minimum absolute atomic E-state index is 0.441. The molecule has 90 valence electrons. The molecule has 0 amide bonds. The van der Waals surface area contributed by atoms with Crippen LogP contribution in [-0.4, -0.2) is 9.97 Å². The van der Waals surface area contributed by atoms with Crippen LogP contribution in [0.5, 0.6) is 0 Å². The standard InChI is InChI=1S/C13H16ClN3/c1-3-12-16-8(2)13(17-12)9-4-5-11(14)10(6-9)7-15/h4-6H,3,7,15H2,1-2H3,(H,16,17). The summed E-state index contributed by atoms with van der Waals surface area (Å²) in [6.07, 6.45) is 0.901. The van der Waals surface area contributed by atoms with Crippen LogP contribution in [0.25, 0.3) is 11.3 Å². The summed E-state index contributed by atoms with van der Waals surface area (Å²) in [4.78, 5) is 7.83. The van der Waals surface area contributed by atoms with Crippen molar-refractivity contribution in [3.8, 4) is 11.3 Å². The van der Waals surface area contributed by atoms with Crippen molar-refractivity contribution in [1.29, 1.82) is 0 Å². The number of nitrogens with zero attached hydrogens (tertiary/aromatic N) is 1. The fourth-order valence-corrected chi connectivity index (χ4v) is 2.04. The molecule has 3 nitrogen and oxygen atoms in total. The zero-order chi connectivity index (χ0) is 12.4. The predicted molar refractivity (Wildman–Crippen MR) is 71.0 cm³/mol. The lowest BCUT2D eigenvalue weighted by atomic mass is 10.1. The molecule has 4 heteroatoms. The lowest BCUT2D eigenvalue weighted by Crippen LogP contribution is -1.97. The number of nitrogens with one attached hydrogen (secondary N) is 1. The number of nitrogens with two attached hydrogens (primary N) is 1. The number of aryl methyl sites for hydroxylation is 2. The maximum absolute atomic E-state index is 6.05. The van der Waals surface area contributed by atoms with Crippen LogP contribution in [0.1, 0.15) is 24.0 Å². The topological polar surface area (TPSA) is 54.7 Å². The Morgan fingerprint density at radius 3 is 2.76 bits per heavy atom. The van der Waals surface area contributed by atoms with Crippen molar-refractivity contribution in [2.45, 2.75) is 26.8 Å². The number of aromatic nitrogens is 2. The Balaban J connectivity index is 2.48. The van der Waals surface area contributed by atoms with E-state index in [0.717, 1.165) is 34.8 Å². The summed E-state index contributed by atoms with van der Waals surface area (Å²) in [6.45, 7) is 4.55. The number of hydrogen-bond donors (Lipinski definition) is 2. The van der Waals surface area contributed by atoms with Crippen LogP contribution in [-0.2, 0) is 13.0 Å². The zero-order valence-electron chi connectivity index (χ0n) is 10.0. The largest absolute Gasteiger partial charge is 0.346 e. The molecule has 0 aliphatic carbocycles. The van der Waals surface area contributed by atoms with Gasteiger partial charge in [-0.1, -0.05) is 24.6 Å². The quantitative estimate of drug-likeness (QED) is 0.879. The Morgan fingerprint density at radius 2 is 2.18 bits per heavy atom. The number of halogens is 1. The van der Waals surface area contributed by atoms with Gasteiger partial charge in [-0.3, -0.25) is 0 Å². The SMILES string of the molecule is CCc1nc(-c2ccc(Cl)c(CN)c2)c(C)[nH]1. The fourth-order valence-electron chi connectivity index (χ4n) is 1.85. The molecule has 0 atom stereocenters. The third-order valence-electron chi connectivity index (χ3n) is 2.81. The first kappa shape index (κ1) is 12.1. The van der Waals surface area contributed by atoms with Gasteiger partial charge in [-0.2, -0.15) is 0 Å². The van der Waals surface area contributed by atoms with Crippen molar-refractivity contribution < 1.29 is 0 Å². The second-order valence-electron chi connectivity index (χ2n) is 4.02. The highest BCUT2D eigenvalue weighted by molar-refractivity contribution is 6.31. The Labute approximate surface area is 106 Å². The molecule has 0 fully saturated rings. The average molecular weight is 250 g/mol. The first-order valence-electron chi connectivity index (χ1n) is 5.70. The van der Waals surface area contributed by atoms with Crippen LogP contribution >= 0.6 is 11.6 Å². The van der Waals surface area contributed by atoms with Gasteiger partial charge >= 0.3 is 0 Å². The van der Waals surface area contributed by atoms with E-state index in [-0.39, 0.29) is 0 Å². The van der Waals surface area contributed by atoms with Gasteiger partial charge in [0.15, 0.2) is 0 Å². The van der Waals surface area contributed by atoms with Crippen molar-refractivity contribution in [3.63, 3.8) is 0 Å². The maximum Gasteiger partial charge on any atom is 0.106 e. The molecule has 0 radical (unpaired) electrons. The monoisotopic (exact) mass is 249 g/mol. The zero-order valence-corrected chi connectivity index (χ0v) is 10.8. The number of benzene rings is 1. The average Bonchev–Trinajstić information content (AvgIpc) is 2.71. The predicted octanol–water partition coefficient (Wildman–Crippen LogP) is 3.06. The van der Waals surface area contributed by atoms with Gasteiger partial charge in [-0.05, 0) is 24.6 Å². The highest BCUT2D eigenvalue weighted by Crippen LogP contribution is 2.26. The van der Waals surface area contributed by atoms with Crippen LogP contribution in [0.3, 0.4) is 0 Å². The highest BCUT2D eigenvalue weighted by Gasteiger charge is 2.09. The van der Waals surface area contributed by atoms with Gasteiger partial charge in [-0.15, -0.1) is 0 Å². The molecule has 2 aromatic rings. The Bertz CT molecular complexity index is 531. The van der Waals surface area contributed by atoms with Gasteiger partial charge < -0.3 is 10.7 Å². The molecule has 1 aromatic heterocycles. The van der Waals surface area contributed by atoms with Gasteiger partial charge in [0.1, 0.15) is 5.82 Å². The van der Waals surface area contributed by atoms with Gasteiger partial charge in [0.2, 0.25) is 0 Å². The molecule has 3 N–H and O–H groups in total. The normalized spacial score (nSPS) is 10.8. The van der Waals surface area contributed by atoms with Crippen LogP contribution in [0.4, 0.5) is 0 Å². The van der Waals surface area contributed by atoms with E-state index in [4.69, 9.17) is 17.3 Å². The summed E-state index contributed by atoms with van der Waals surface area (Å²) in [7, 11) is 0. The molecule has 0 saturated heterocycles. The summed E-state index contributed by atoms with van der Waals surface area (Å²) in [6, 6.07) is 5.86. The summed E-state index contributed by atoms with van der Waals surface area (Å²) < 4.78 is 0. The van der Waals surface area contributed by atoms with Crippen molar-refractivity contribution in [2.75, 3.05) is 0 Å². The smallest absolute Gasteiger partial charge is 0.106 e. The first-order valence-corrected chi connectivity index (χ1v) is 6.07. The van der Waals surface area contributed by atoms with E-state index in [2.05, 4.69) is 16.9 Å². The summed E-state index contributed by atoms with van der Waals surface area (Å²) in [5, 5.41) is 0.708. The first-order chi connectivity index (χ1) is 8.15. The Morgan fingerprint density at radius 1 is 1.41 bits per heavy atom. The van der Waals surface area contributed by atoms with Crippen molar-refractivity contribution in [3.05, 3.63) is 40.3 Å². The molecule has 0 spiro atoms. The van der Waals surface area contributed by atoms with Gasteiger partial charge in [0.05, 0.1) is 5.69 Å². The highest BCUT2D eigenvalue weighted by atomic mass is 35.5. The summed E-state index contributed by atoms with van der Waals surface area (Å²) in [5.41, 5.74) is 9.72. The molecule has 0 unspecified atom stereocenters. The second kappa shape index (κ2) is 4.90. The summed E-state index contributed by atoms with van der Waals surface area (Å²) in [5.74, 6) is 1.00. The molecular formula is C13H16ClN3. The van der Waals surface area contributed by atoms with Crippen LogP contribution in [0.2, 0.25) is 5.02 Å². The van der Waals surface area contributed by atoms with Crippen molar-refractivity contribution in [1.82, 2.24) is 9.97 Å². The van der Waals surface area contributed by atoms with E-state index in [1.807, 2.05) is 25.1 Å². The molecule has 17 heavy (non-hydrogen) atoms. The third-order valence-corrected chi connectivity index (χ3v) is 3.18. The van der Waals surface area contributed by atoms with Crippen LogP contribution < -0.4 is 5.73 Å². The lowest BCUT2D eigenvalue weighted by Gasteiger charge is -2.04. The van der Waals surface area contributed by atoms with E-state index < -0.39 is 0 Å². The number of aromatic amines is 1. The molecule has 1 heterocycles. The van der Waals surface area contributed by atoms with E-state index >= 15 is 0 Å². The summed E-state index contributed by atoms with van der Waals surface area (Å²) >= 11 is 6.05. The molecular weight excluding hydrogens is 234 g/mol. The molecule has 0 aliphatic rings. The minimum atomic E-state index is 0.441. The Kier molecular flexibility index (Phi) is 3.50. The molecule has 1 aromatic carbocycles. The minimum Gasteiger partial charge on any atom is -0.346 e. The van der Waals surface area contributed by atoms with E-state index in [0.29, 0.717) is 11.6 Å². The second-order valence-corrected chi connectivity index (χ2v) is 4.43. The fraction of sp³-hybridized carbons (Fsp3) is 0.308.